The van der Waals surface area contributed by atoms with Crippen molar-refractivity contribution >= 4 is 16.2 Å². The number of carboxylic acids is 1. The van der Waals surface area contributed by atoms with Crippen molar-refractivity contribution in [3.8, 4) is 0 Å². The monoisotopic (exact) mass is 250 g/mol. The summed E-state index contributed by atoms with van der Waals surface area (Å²) in [6, 6.07) is 0. The smallest absolute Gasteiger partial charge is 0.304 e. The van der Waals surface area contributed by atoms with Gasteiger partial charge in [-0.2, -0.15) is 17.0 Å². The van der Waals surface area contributed by atoms with Gasteiger partial charge in [0.2, 0.25) is 0 Å². The first-order chi connectivity index (χ1) is 7.48. The van der Waals surface area contributed by atoms with Crippen molar-refractivity contribution in [1.82, 2.24) is 8.61 Å². The Morgan fingerprint density at radius 2 is 1.81 bits per heavy atom. The lowest BCUT2D eigenvalue weighted by Crippen LogP contribution is -2.34. The highest BCUT2D eigenvalue weighted by Crippen LogP contribution is 2.17. The Kier molecular flexibility index (Phi) is 4.69. The SMILES string of the molecule is CCCCN1CCN(CCC(=O)O)S1(=O)=O. The number of carbonyl (C=O) groups is 1. The number of rotatable bonds is 6. The Labute approximate surface area is 96.0 Å². The lowest BCUT2D eigenvalue weighted by molar-refractivity contribution is -0.137. The molecule has 6 nitrogen and oxygen atoms in total. The van der Waals surface area contributed by atoms with E-state index in [9.17, 15) is 13.2 Å². The van der Waals surface area contributed by atoms with Crippen molar-refractivity contribution < 1.29 is 18.3 Å². The molecule has 7 heteroatoms. The largest absolute Gasteiger partial charge is 0.481 e. The summed E-state index contributed by atoms with van der Waals surface area (Å²) in [7, 11) is -3.39. The van der Waals surface area contributed by atoms with Gasteiger partial charge in [-0.15, -0.1) is 0 Å². The van der Waals surface area contributed by atoms with Crippen molar-refractivity contribution in [2.24, 2.45) is 0 Å². The van der Waals surface area contributed by atoms with Gasteiger partial charge < -0.3 is 5.11 Å². The van der Waals surface area contributed by atoms with Gasteiger partial charge in [0, 0.05) is 26.2 Å². The molecule has 0 saturated carbocycles. The second-order valence-corrected chi connectivity index (χ2v) is 5.73. The van der Waals surface area contributed by atoms with E-state index in [1.165, 1.54) is 8.61 Å². The molecule has 1 saturated heterocycles. The fourth-order valence-corrected chi connectivity index (χ4v) is 3.26. The molecular formula is C9H18N2O4S. The second-order valence-electron chi connectivity index (χ2n) is 3.80. The minimum atomic E-state index is -3.39. The zero-order valence-corrected chi connectivity index (χ0v) is 10.2. The molecule has 0 radical (unpaired) electrons. The maximum absolute atomic E-state index is 11.9. The topological polar surface area (TPSA) is 77.9 Å². The van der Waals surface area contributed by atoms with Gasteiger partial charge in [0.05, 0.1) is 6.42 Å². The molecule has 0 amide bonds. The van der Waals surface area contributed by atoms with Gasteiger partial charge in [-0.25, -0.2) is 0 Å². The number of aliphatic carboxylic acids is 1. The van der Waals surface area contributed by atoms with E-state index in [1.54, 1.807) is 0 Å². The summed E-state index contributed by atoms with van der Waals surface area (Å²) >= 11 is 0. The van der Waals surface area contributed by atoms with Crippen LogP contribution >= 0.6 is 0 Å². The quantitative estimate of drug-likeness (QED) is 0.726. The molecule has 1 heterocycles. The third-order valence-electron chi connectivity index (χ3n) is 2.59. The van der Waals surface area contributed by atoms with Crippen LogP contribution in [0.25, 0.3) is 0 Å². The molecule has 1 N–H and O–H groups in total. The minimum Gasteiger partial charge on any atom is -0.481 e. The molecule has 0 aliphatic carbocycles. The highest BCUT2D eigenvalue weighted by atomic mass is 32.2. The van der Waals surface area contributed by atoms with Gasteiger partial charge in [0.15, 0.2) is 0 Å². The van der Waals surface area contributed by atoms with Gasteiger partial charge >= 0.3 is 5.97 Å². The van der Waals surface area contributed by atoms with Crippen LogP contribution in [-0.2, 0) is 15.0 Å². The van der Waals surface area contributed by atoms with Gasteiger partial charge in [-0.1, -0.05) is 13.3 Å². The van der Waals surface area contributed by atoms with Crippen LogP contribution in [0.5, 0.6) is 0 Å². The highest BCUT2D eigenvalue weighted by molar-refractivity contribution is 7.87. The van der Waals surface area contributed by atoms with Crippen LogP contribution in [0.15, 0.2) is 0 Å². The molecule has 0 aromatic heterocycles. The maximum Gasteiger partial charge on any atom is 0.304 e. The molecule has 0 spiro atoms. The summed E-state index contributed by atoms with van der Waals surface area (Å²) in [5.74, 6) is -0.970. The fraction of sp³-hybridized carbons (Fsp3) is 0.889. The molecule has 0 atom stereocenters. The summed E-state index contributed by atoms with van der Waals surface area (Å²) in [6.45, 7) is 3.48. The number of unbranched alkanes of at least 4 members (excludes halogenated alkanes) is 1. The number of carboxylic acid groups (broad SMARTS) is 1. The minimum absolute atomic E-state index is 0.0697. The second kappa shape index (κ2) is 5.60. The first-order valence-corrected chi connectivity index (χ1v) is 6.85. The molecule has 94 valence electrons. The molecule has 16 heavy (non-hydrogen) atoms. The Bertz CT molecular complexity index is 341. The Morgan fingerprint density at radius 3 is 2.31 bits per heavy atom. The van der Waals surface area contributed by atoms with Crippen LogP contribution in [0.3, 0.4) is 0 Å². The van der Waals surface area contributed by atoms with E-state index in [4.69, 9.17) is 5.11 Å². The van der Waals surface area contributed by atoms with E-state index in [0.717, 1.165) is 12.8 Å². The normalized spacial score (nSPS) is 21.3. The first kappa shape index (κ1) is 13.4. The van der Waals surface area contributed by atoms with E-state index in [0.29, 0.717) is 19.6 Å². The van der Waals surface area contributed by atoms with Gasteiger partial charge in [-0.3, -0.25) is 4.79 Å². The van der Waals surface area contributed by atoms with Crippen LogP contribution < -0.4 is 0 Å². The Balaban J connectivity index is 2.54. The van der Waals surface area contributed by atoms with Gasteiger partial charge in [0.25, 0.3) is 10.2 Å². The predicted molar refractivity (Wildman–Crippen MR) is 59.2 cm³/mol. The highest BCUT2D eigenvalue weighted by Gasteiger charge is 2.35. The van der Waals surface area contributed by atoms with Crippen molar-refractivity contribution in [3.05, 3.63) is 0 Å². The summed E-state index contributed by atoms with van der Waals surface area (Å²) < 4.78 is 26.4. The summed E-state index contributed by atoms with van der Waals surface area (Å²) in [4.78, 5) is 10.4. The molecule has 0 bridgehead atoms. The van der Waals surface area contributed by atoms with Gasteiger partial charge in [0.1, 0.15) is 0 Å². The van der Waals surface area contributed by atoms with Gasteiger partial charge in [-0.05, 0) is 6.42 Å². The van der Waals surface area contributed by atoms with Crippen molar-refractivity contribution in [1.29, 1.82) is 0 Å². The maximum atomic E-state index is 11.9. The zero-order valence-electron chi connectivity index (χ0n) is 9.42. The third kappa shape index (κ3) is 3.16. The summed E-state index contributed by atoms with van der Waals surface area (Å²) in [5.41, 5.74) is 0. The molecule has 0 aromatic rings. The third-order valence-corrected chi connectivity index (χ3v) is 4.62. The molecule has 1 fully saturated rings. The van der Waals surface area contributed by atoms with E-state index in [2.05, 4.69) is 0 Å². The number of hydrogen-bond donors (Lipinski definition) is 1. The molecular weight excluding hydrogens is 232 g/mol. The Morgan fingerprint density at radius 1 is 1.25 bits per heavy atom. The van der Waals surface area contributed by atoms with Crippen LogP contribution in [0.2, 0.25) is 0 Å². The van der Waals surface area contributed by atoms with Crippen molar-refractivity contribution in [3.63, 3.8) is 0 Å². The molecule has 1 aliphatic rings. The van der Waals surface area contributed by atoms with E-state index in [1.807, 2.05) is 6.92 Å². The van der Waals surface area contributed by atoms with Crippen LogP contribution in [-0.4, -0.2) is 54.3 Å². The first-order valence-electron chi connectivity index (χ1n) is 5.45. The molecule has 1 aliphatic heterocycles. The van der Waals surface area contributed by atoms with Crippen LogP contribution in [0.4, 0.5) is 0 Å². The van der Waals surface area contributed by atoms with E-state index >= 15 is 0 Å². The van der Waals surface area contributed by atoms with Crippen molar-refractivity contribution in [2.45, 2.75) is 26.2 Å². The standard InChI is InChI=1S/C9H18N2O4S/c1-2-3-5-10-7-8-11(16(10,14)15)6-4-9(12)13/h2-8H2,1H3,(H,12,13). The fourth-order valence-electron chi connectivity index (χ4n) is 1.63. The summed E-state index contributed by atoms with van der Waals surface area (Å²) in [5, 5.41) is 8.52. The number of nitrogens with zero attached hydrogens (tertiary/aromatic N) is 2. The zero-order chi connectivity index (χ0) is 12.2. The van der Waals surface area contributed by atoms with E-state index in [-0.39, 0.29) is 13.0 Å². The molecule has 1 rings (SSSR count). The van der Waals surface area contributed by atoms with E-state index < -0.39 is 16.2 Å². The summed E-state index contributed by atoms with van der Waals surface area (Å²) in [6.07, 6.45) is 1.65. The average Bonchev–Trinajstić information content (AvgIpc) is 2.47. The average molecular weight is 250 g/mol. The lowest BCUT2D eigenvalue weighted by Gasteiger charge is -2.17. The Hall–Kier alpha value is -0.660. The molecule has 0 unspecified atom stereocenters. The van der Waals surface area contributed by atoms with Crippen LogP contribution in [0.1, 0.15) is 26.2 Å². The molecule has 0 aromatic carbocycles. The predicted octanol–water partition coefficient (Wildman–Crippen LogP) is 0.124. The number of hydrogen-bond acceptors (Lipinski definition) is 3. The lowest BCUT2D eigenvalue weighted by atomic mass is 10.3. The van der Waals surface area contributed by atoms with Crippen LogP contribution in [0, 0.1) is 0 Å². The van der Waals surface area contributed by atoms with Crippen molar-refractivity contribution in [2.75, 3.05) is 26.2 Å².